The summed E-state index contributed by atoms with van der Waals surface area (Å²) < 4.78 is 40.9. The fraction of sp³-hybridized carbons (Fsp3) is 0.130. The summed E-state index contributed by atoms with van der Waals surface area (Å²) in [5, 5.41) is 12.7. The molecular formula is C23H21N3O5S. The second-order valence-electron chi connectivity index (χ2n) is 6.52. The Morgan fingerprint density at radius 3 is 2.28 bits per heavy atom. The summed E-state index contributed by atoms with van der Waals surface area (Å²) in [7, 11) is -0.749. The van der Waals surface area contributed by atoms with Crippen LogP contribution in [0, 0.1) is 11.3 Å². The number of ether oxygens (including phenoxy) is 3. The average molecular weight is 452 g/mol. The van der Waals surface area contributed by atoms with E-state index in [2.05, 4.69) is 16.0 Å². The number of hydrogen-bond acceptors (Lipinski definition) is 7. The van der Waals surface area contributed by atoms with Gasteiger partial charge in [0.2, 0.25) is 0 Å². The van der Waals surface area contributed by atoms with Crippen LogP contribution < -0.4 is 19.0 Å². The van der Waals surface area contributed by atoms with E-state index in [4.69, 9.17) is 19.5 Å². The molecule has 3 aromatic rings. The zero-order valence-corrected chi connectivity index (χ0v) is 18.3. The van der Waals surface area contributed by atoms with Gasteiger partial charge in [-0.15, -0.1) is 0 Å². The van der Waals surface area contributed by atoms with Crippen molar-refractivity contribution in [2.75, 3.05) is 14.2 Å². The van der Waals surface area contributed by atoms with Gasteiger partial charge >= 0.3 is 0 Å². The molecule has 0 fully saturated rings. The van der Waals surface area contributed by atoms with Gasteiger partial charge in [0.05, 0.1) is 37.0 Å². The van der Waals surface area contributed by atoms with Crippen LogP contribution in [0.25, 0.3) is 0 Å². The molecule has 1 N–H and O–H groups in total. The average Bonchev–Trinajstić information content (AvgIpc) is 2.83. The number of nitriles is 1. The predicted molar refractivity (Wildman–Crippen MR) is 119 cm³/mol. The smallest absolute Gasteiger partial charge is 0.276 e. The van der Waals surface area contributed by atoms with Gasteiger partial charge in [-0.1, -0.05) is 0 Å². The molecule has 0 atom stereocenters. The Labute approximate surface area is 186 Å². The largest absolute Gasteiger partial charge is 0.497 e. The van der Waals surface area contributed by atoms with Gasteiger partial charge in [0, 0.05) is 5.56 Å². The number of methoxy groups -OCH3 is 2. The van der Waals surface area contributed by atoms with Gasteiger partial charge in [-0.3, -0.25) is 0 Å². The van der Waals surface area contributed by atoms with Gasteiger partial charge in [-0.05, 0) is 72.3 Å². The fourth-order valence-corrected chi connectivity index (χ4v) is 3.55. The Morgan fingerprint density at radius 2 is 1.66 bits per heavy atom. The number of nitrogens with zero attached hydrogens (tertiary/aromatic N) is 2. The van der Waals surface area contributed by atoms with Crippen LogP contribution in [0.1, 0.15) is 16.7 Å². The van der Waals surface area contributed by atoms with E-state index in [1.807, 2.05) is 0 Å². The van der Waals surface area contributed by atoms with E-state index in [0.29, 0.717) is 28.4 Å². The van der Waals surface area contributed by atoms with E-state index in [-0.39, 0.29) is 11.5 Å². The third kappa shape index (κ3) is 5.77. The molecular weight excluding hydrogens is 430 g/mol. The molecule has 0 aliphatic rings. The standard InChI is InChI=1S/C23H21N3O5S/c1-29-20-8-10-22(11-9-20)32(27,28)26-25-15-18-5-12-23(30-2)19(13-18)16-31-21-6-3-17(14-24)4-7-21/h3-13,15,26H,16H2,1-2H3/b25-15+. The van der Waals surface area contributed by atoms with Gasteiger partial charge in [0.1, 0.15) is 23.9 Å². The highest BCUT2D eigenvalue weighted by atomic mass is 32.2. The Kier molecular flexibility index (Phi) is 7.31. The van der Waals surface area contributed by atoms with Crippen molar-refractivity contribution in [1.82, 2.24) is 4.83 Å². The maximum Gasteiger partial charge on any atom is 0.276 e. The third-order valence-electron chi connectivity index (χ3n) is 4.44. The maximum atomic E-state index is 12.4. The van der Waals surface area contributed by atoms with E-state index >= 15 is 0 Å². The molecule has 0 radical (unpaired) electrons. The number of hydrazone groups is 1. The topological polar surface area (TPSA) is 110 Å². The van der Waals surface area contributed by atoms with Crippen LogP contribution in [0.15, 0.2) is 76.7 Å². The van der Waals surface area contributed by atoms with Crippen molar-refractivity contribution in [3.8, 4) is 23.3 Å². The number of nitrogens with one attached hydrogen (secondary N) is 1. The van der Waals surface area contributed by atoms with Gasteiger partial charge in [0.15, 0.2) is 0 Å². The van der Waals surface area contributed by atoms with Gasteiger partial charge in [0.25, 0.3) is 10.0 Å². The molecule has 0 aliphatic carbocycles. The second-order valence-corrected chi connectivity index (χ2v) is 8.19. The lowest BCUT2D eigenvalue weighted by atomic mass is 10.1. The minimum absolute atomic E-state index is 0.0710. The Balaban J connectivity index is 1.69. The molecule has 0 bridgehead atoms. The molecule has 0 saturated heterocycles. The SMILES string of the molecule is COc1ccc(S(=O)(=O)N/N=C/c2ccc(OC)c(COc3ccc(C#N)cc3)c2)cc1. The lowest BCUT2D eigenvalue weighted by Gasteiger charge is -2.11. The third-order valence-corrected chi connectivity index (χ3v) is 5.68. The van der Waals surface area contributed by atoms with Crippen molar-refractivity contribution in [3.63, 3.8) is 0 Å². The maximum absolute atomic E-state index is 12.4. The Bertz CT molecular complexity index is 1230. The van der Waals surface area contributed by atoms with Crippen LogP contribution in [0.4, 0.5) is 0 Å². The molecule has 0 amide bonds. The molecule has 9 heteroatoms. The normalized spacial score (nSPS) is 11.0. The van der Waals surface area contributed by atoms with Crippen molar-refractivity contribution in [2.45, 2.75) is 11.5 Å². The van der Waals surface area contributed by atoms with E-state index in [0.717, 1.165) is 5.56 Å². The number of hydrogen-bond donors (Lipinski definition) is 1. The first-order chi connectivity index (χ1) is 15.4. The monoisotopic (exact) mass is 451 g/mol. The summed E-state index contributed by atoms with van der Waals surface area (Å²) in [4.78, 5) is 2.26. The van der Waals surface area contributed by atoms with Crippen LogP contribution in [-0.2, 0) is 16.6 Å². The van der Waals surface area contributed by atoms with Crippen LogP contribution in [0.5, 0.6) is 17.2 Å². The molecule has 3 aromatic carbocycles. The van der Waals surface area contributed by atoms with E-state index < -0.39 is 10.0 Å². The summed E-state index contributed by atoms with van der Waals surface area (Å²) in [6.07, 6.45) is 1.39. The van der Waals surface area contributed by atoms with E-state index in [1.54, 1.807) is 61.7 Å². The summed E-state index contributed by atoms with van der Waals surface area (Å²) >= 11 is 0. The van der Waals surface area contributed by atoms with Gasteiger partial charge in [-0.25, -0.2) is 4.83 Å². The molecule has 0 saturated carbocycles. The van der Waals surface area contributed by atoms with Crippen molar-refractivity contribution in [3.05, 3.63) is 83.4 Å². The first-order valence-electron chi connectivity index (χ1n) is 9.44. The minimum atomic E-state index is -3.81. The number of rotatable bonds is 9. The van der Waals surface area contributed by atoms with Crippen molar-refractivity contribution >= 4 is 16.2 Å². The molecule has 8 nitrogen and oxygen atoms in total. The second kappa shape index (κ2) is 10.3. The van der Waals surface area contributed by atoms with E-state index in [1.165, 1.54) is 25.5 Å². The Morgan fingerprint density at radius 1 is 0.969 bits per heavy atom. The summed E-state index contributed by atoms with van der Waals surface area (Å²) in [5.74, 6) is 1.79. The van der Waals surface area contributed by atoms with Crippen molar-refractivity contribution < 1.29 is 22.6 Å². The molecule has 0 aliphatic heterocycles. The molecule has 0 heterocycles. The molecule has 0 unspecified atom stereocenters. The highest BCUT2D eigenvalue weighted by Gasteiger charge is 2.12. The molecule has 3 rings (SSSR count). The highest BCUT2D eigenvalue weighted by Crippen LogP contribution is 2.22. The van der Waals surface area contributed by atoms with Crippen molar-refractivity contribution in [1.29, 1.82) is 5.26 Å². The lowest BCUT2D eigenvalue weighted by Crippen LogP contribution is -2.18. The first-order valence-corrected chi connectivity index (χ1v) is 10.9. The highest BCUT2D eigenvalue weighted by molar-refractivity contribution is 7.89. The summed E-state index contributed by atoms with van der Waals surface area (Å²) in [6.45, 7) is 0.217. The van der Waals surface area contributed by atoms with Crippen molar-refractivity contribution in [2.24, 2.45) is 5.10 Å². The molecule has 164 valence electrons. The minimum Gasteiger partial charge on any atom is -0.497 e. The fourth-order valence-electron chi connectivity index (χ4n) is 2.76. The zero-order valence-electron chi connectivity index (χ0n) is 17.5. The van der Waals surface area contributed by atoms with Crippen LogP contribution in [0.3, 0.4) is 0 Å². The predicted octanol–water partition coefficient (Wildman–Crippen LogP) is 3.47. The summed E-state index contributed by atoms with van der Waals surface area (Å²) in [5.41, 5.74) is 1.95. The van der Waals surface area contributed by atoms with Crippen LogP contribution >= 0.6 is 0 Å². The lowest BCUT2D eigenvalue weighted by molar-refractivity contribution is 0.296. The van der Waals surface area contributed by atoms with Gasteiger partial charge in [-0.2, -0.15) is 18.8 Å². The van der Waals surface area contributed by atoms with Gasteiger partial charge < -0.3 is 14.2 Å². The first kappa shape index (κ1) is 22.7. The zero-order chi connectivity index (χ0) is 23.0. The molecule has 32 heavy (non-hydrogen) atoms. The molecule has 0 spiro atoms. The number of sulfonamides is 1. The van der Waals surface area contributed by atoms with E-state index in [9.17, 15) is 8.42 Å². The van der Waals surface area contributed by atoms with Crippen LogP contribution in [0.2, 0.25) is 0 Å². The Hall–Kier alpha value is -4.03. The molecule has 0 aromatic heterocycles. The quantitative estimate of drug-likeness (QED) is 0.394. The summed E-state index contributed by atoms with van der Waals surface area (Å²) in [6, 6.07) is 20.1. The number of benzene rings is 3. The van der Waals surface area contributed by atoms with Crippen LogP contribution in [-0.4, -0.2) is 28.9 Å².